The molecule has 1 rings (SSSR count). The van der Waals surface area contributed by atoms with E-state index in [-0.39, 0.29) is 30.1 Å². The molecule has 1 aliphatic rings. The van der Waals surface area contributed by atoms with Crippen molar-refractivity contribution in [2.45, 2.75) is 88.9 Å². The van der Waals surface area contributed by atoms with Crippen molar-refractivity contribution in [3.05, 3.63) is 12.2 Å². The summed E-state index contributed by atoms with van der Waals surface area (Å²) in [6, 6.07) is 0. The van der Waals surface area contributed by atoms with E-state index in [4.69, 9.17) is 10.2 Å². The Morgan fingerprint density at radius 2 is 1.96 bits per heavy atom. The Hall–Kier alpha value is -0.850. The first-order valence-electron chi connectivity index (χ1n) is 10.8. The van der Waals surface area contributed by atoms with E-state index >= 15 is 0 Å². The van der Waals surface area contributed by atoms with Crippen molar-refractivity contribution in [3.63, 3.8) is 0 Å². The second-order valence-electron chi connectivity index (χ2n) is 7.76. The fraction of sp³-hybridized carbons (Fsp3) is 0.818. The first-order valence-corrected chi connectivity index (χ1v) is 11.9. The second-order valence-corrected chi connectivity index (χ2v) is 9.10. The number of Topliss-reactive ketones (excluding diaryl/α,β-unsaturated/α-hetero) is 1. The molecular weight excluding hydrogens is 376 g/mol. The van der Waals surface area contributed by atoms with Crippen molar-refractivity contribution in [2.24, 2.45) is 11.8 Å². The Bertz CT molecular complexity index is 480. The van der Waals surface area contributed by atoms with Crippen molar-refractivity contribution >= 4 is 23.5 Å². The van der Waals surface area contributed by atoms with E-state index in [0.717, 1.165) is 25.7 Å². The van der Waals surface area contributed by atoms with Gasteiger partial charge >= 0.3 is 5.97 Å². The quantitative estimate of drug-likeness (QED) is 0.259. The molecule has 1 saturated carbocycles. The number of aliphatic hydroxyl groups is 2. The van der Waals surface area contributed by atoms with E-state index in [2.05, 4.69) is 19.1 Å². The van der Waals surface area contributed by atoms with Gasteiger partial charge in [-0.1, -0.05) is 57.6 Å². The molecule has 6 heteroatoms. The van der Waals surface area contributed by atoms with Crippen molar-refractivity contribution in [1.29, 1.82) is 0 Å². The number of unbranched alkanes of at least 4 members (excludes halogenated alkanes) is 6. The largest absolute Gasteiger partial charge is 0.479 e. The lowest BCUT2D eigenvalue weighted by molar-refractivity contribution is -0.147. The number of carbonyl (C=O) groups is 2. The van der Waals surface area contributed by atoms with Gasteiger partial charge in [-0.05, 0) is 31.6 Å². The third-order valence-electron chi connectivity index (χ3n) is 5.49. The maximum atomic E-state index is 12.6. The average Bonchev–Trinajstić information content (AvgIpc) is 2.97. The zero-order valence-electron chi connectivity index (χ0n) is 17.2. The van der Waals surface area contributed by atoms with Crippen molar-refractivity contribution < 1.29 is 24.9 Å². The van der Waals surface area contributed by atoms with E-state index in [9.17, 15) is 14.7 Å². The zero-order chi connectivity index (χ0) is 20.8. The summed E-state index contributed by atoms with van der Waals surface area (Å²) in [6.45, 7) is 2.34. The highest BCUT2D eigenvalue weighted by atomic mass is 32.2. The van der Waals surface area contributed by atoms with Crippen molar-refractivity contribution in [2.75, 3.05) is 12.4 Å². The zero-order valence-corrected chi connectivity index (χ0v) is 18.0. The highest BCUT2D eigenvalue weighted by Gasteiger charge is 2.40. The molecule has 0 heterocycles. The molecule has 1 aliphatic carbocycles. The van der Waals surface area contributed by atoms with Gasteiger partial charge in [0.25, 0.3) is 0 Å². The molecule has 0 saturated heterocycles. The van der Waals surface area contributed by atoms with E-state index in [0.29, 0.717) is 24.4 Å². The molecule has 0 aromatic heterocycles. The van der Waals surface area contributed by atoms with Crippen LogP contribution in [0.2, 0.25) is 0 Å². The van der Waals surface area contributed by atoms with E-state index in [1.807, 2.05) is 0 Å². The van der Waals surface area contributed by atoms with Crippen LogP contribution in [0.15, 0.2) is 12.2 Å². The van der Waals surface area contributed by atoms with E-state index < -0.39 is 12.1 Å². The van der Waals surface area contributed by atoms with Gasteiger partial charge in [0.2, 0.25) is 0 Å². The second kappa shape index (κ2) is 15.1. The number of hydrogen-bond donors (Lipinski definition) is 3. The van der Waals surface area contributed by atoms with Crippen LogP contribution in [0.25, 0.3) is 0 Å². The summed E-state index contributed by atoms with van der Waals surface area (Å²) in [5.41, 5.74) is 0. The number of ketones is 1. The standard InChI is InChI=1S/C22H38O5S/c1-2-3-4-5-6-8-12-18-17(20(25)16-21(18)28-15-14-23)11-9-7-10-13-19(24)22(26)27/h8,12,17-19,21,23-24H,2-7,9-11,13-16H2,1H3,(H,26,27)/t17-,18-,19?,21-/m1/s1. The van der Waals surface area contributed by atoms with E-state index in [1.165, 1.54) is 25.7 Å². The number of carboxylic acids is 1. The number of aliphatic hydroxyl groups excluding tert-OH is 2. The Morgan fingerprint density at radius 3 is 2.64 bits per heavy atom. The van der Waals surface area contributed by atoms with Crippen molar-refractivity contribution in [3.8, 4) is 0 Å². The number of allylic oxidation sites excluding steroid dienone is 2. The van der Waals surface area contributed by atoms with Gasteiger partial charge in [0.05, 0.1) is 6.61 Å². The number of hydrogen-bond acceptors (Lipinski definition) is 5. The number of aliphatic carboxylic acids is 1. The third kappa shape index (κ3) is 9.57. The monoisotopic (exact) mass is 414 g/mol. The van der Waals surface area contributed by atoms with Gasteiger partial charge in [0.1, 0.15) is 5.78 Å². The molecule has 1 fully saturated rings. The molecule has 3 N–H and O–H groups in total. The van der Waals surface area contributed by atoms with Gasteiger partial charge in [-0.15, -0.1) is 0 Å². The number of carboxylic acid groups (broad SMARTS) is 1. The molecule has 4 atom stereocenters. The SMILES string of the molecule is CCCCCCC=C[C@H]1[C@H](SCCO)CC(=O)[C@@H]1CCCCCC(O)C(=O)O. The number of rotatable bonds is 16. The topological polar surface area (TPSA) is 94.8 Å². The molecule has 0 aromatic rings. The van der Waals surface area contributed by atoms with Crippen LogP contribution in [-0.4, -0.2) is 50.8 Å². The number of carbonyl (C=O) groups excluding carboxylic acids is 1. The minimum Gasteiger partial charge on any atom is -0.479 e. The Labute approximate surface area is 174 Å². The van der Waals surface area contributed by atoms with Gasteiger partial charge in [0.15, 0.2) is 6.10 Å². The summed E-state index contributed by atoms with van der Waals surface area (Å²) >= 11 is 1.70. The Morgan fingerprint density at radius 1 is 1.21 bits per heavy atom. The molecule has 0 amide bonds. The minimum absolute atomic E-state index is 0.0347. The van der Waals surface area contributed by atoms with Gasteiger partial charge in [-0.3, -0.25) is 4.79 Å². The molecule has 0 spiro atoms. The summed E-state index contributed by atoms with van der Waals surface area (Å²) < 4.78 is 0. The molecule has 0 bridgehead atoms. The van der Waals surface area contributed by atoms with Crippen LogP contribution in [0.3, 0.4) is 0 Å². The maximum Gasteiger partial charge on any atom is 0.332 e. The highest BCUT2D eigenvalue weighted by Crippen LogP contribution is 2.40. The molecule has 5 nitrogen and oxygen atoms in total. The predicted octanol–water partition coefficient (Wildman–Crippen LogP) is 4.21. The summed E-state index contributed by atoms with van der Waals surface area (Å²) in [4.78, 5) is 23.2. The summed E-state index contributed by atoms with van der Waals surface area (Å²) in [7, 11) is 0. The van der Waals surface area contributed by atoms with Gasteiger partial charge in [-0.25, -0.2) is 4.79 Å². The minimum atomic E-state index is -1.28. The summed E-state index contributed by atoms with van der Waals surface area (Å²) in [5.74, 6) is 0.0892. The van der Waals surface area contributed by atoms with Gasteiger partial charge < -0.3 is 15.3 Å². The molecule has 0 aromatic carbocycles. The maximum absolute atomic E-state index is 12.6. The van der Waals surface area contributed by atoms with Crippen LogP contribution in [0, 0.1) is 11.8 Å². The van der Waals surface area contributed by atoms with Crippen LogP contribution in [0.4, 0.5) is 0 Å². The molecule has 0 radical (unpaired) electrons. The fourth-order valence-corrected chi connectivity index (χ4v) is 5.08. The smallest absolute Gasteiger partial charge is 0.332 e. The van der Waals surface area contributed by atoms with Crippen LogP contribution in [0.1, 0.15) is 77.6 Å². The van der Waals surface area contributed by atoms with E-state index in [1.54, 1.807) is 11.8 Å². The highest BCUT2D eigenvalue weighted by molar-refractivity contribution is 8.00. The van der Waals surface area contributed by atoms with Crippen LogP contribution in [0.5, 0.6) is 0 Å². The first kappa shape index (κ1) is 25.2. The van der Waals surface area contributed by atoms with Crippen LogP contribution in [-0.2, 0) is 9.59 Å². The first-order chi connectivity index (χ1) is 13.5. The third-order valence-corrected chi connectivity index (χ3v) is 6.82. The lowest BCUT2D eigenvalue weighted by Gasteiger charge is -2.20. The normalized spacial score (nSPS) is 23.5. The Balaban J connectivity index is 2.50. The Kier molecular flexibility index (Phi) is 13.5. The number of thioether (sulfide) groups is 1. The predicted molar refractivity (Wildman–Crippen MR) is 115 cm³/mol. The summed E-state index contributed by atoms with van der Waals surface area (Å²) in [5, 5.41) is 27.4. The molecular formula is C22H38O5S. The molecule has 28 heavy (non-hydrogen) atoms. The molecule has 162 valence electrons. The lowest BCUT2D eigenvalue weighted by Crippen LogP contribution is -2.19. The van der Waals surface area contributed by atoms with Gasteiger partial charge in [0, 0.05) is 23.3 Å². The lowest BCUT2D eigenvalue weighted by atomic mass is 9.89. The molecule has 0 aliphatic heterocycles. The van der Waals surface area contributed by atoms with Crippen LogP contribution >= 0.6 is 11.8 Å². The fourth-order valence-electron chi connectivity index (χ4n) is 3.89. The van der Waals surface area contributed by atoms with Gasteiger partial charge in [-0.2, -0.15) is 11.8 Å². The molecule has 1 unspecified atom stereocenters. The summed E-state index contributed by atoms with van der Waals surface area (Å²) in [6.07, 6.45) is 13.2. The van der Waals surface area contributed by atoms with Crippen LogP contribution < -0.4 is 0 Å². The average molecular weight is 415 g/mol. The van der Waals surface area contributed by atoms with Crippen molar-refractivity contribution in [1.82, 2.24) is 0 Å².